The van der Waals surface area contributed by atoms with Crippen LogP contribution in [0.2, 0.25) is 0 Å². The van der Waals surface area contributed by atoms with Gasteiger partial charge in [0, 0.05) is 37.5 Å². The predicted molar refractivity (Wildman–Crippen MR) is 271 cm³/mol. The van der Waals surface area contributed by atoms with Crippen LogP contribution in [0.5, 0.6) is 0 Å². The van der Waals surface area contributed by atoms with Crippen molar-refractivity contribution in [2.45, 2.75) is 207 Å². The highest BCUT2D eigenvalue weighted by molar-refractivity contribution is 5.80. The Morgan fingerprint density at radius 2 is 1.25 bits per heavy atom. The minimum atomic E-state index is -2.46. The van der Waals surface area contributed by atoms with E-state index in [1.165, 1.54) is 13.0 Å². The zero-order valence-corrected chi connectivity index (χ0v) is 43.4. The van der Waals surface area contributed by atoms with Crippen LogP contribution in [0.25, 0.3) is 0 Å². The number of aliphatic hydroxyl groups excluding tert-OH is 13. The first-order valence-corrected chi connectivity index (χ1v) is 25.9. The number of hydrogen-bond donors (Lipinski definition) is 16. The fraction of sp³-hybridized carbons (Fsp3) is 0.698. The topological polar surface area (TPSA) is 402 Å². The summed E-state index contributed by atoms with van der Waals surface area (Å²) in [7, 11) is 0. The van der Waals surface area contributed by atoms with E-state index in [0.717, 1.165) is 0 Å². The summed E-state index contributed by atoms with van der Waals surface area (Å²) in [5.41, 5.74) is 6.10. The Bertz CT molecular complexity index is 1990. The van der Waals surface area contributed by atoms with Gasteiger partial charge in [0.25, 0.3) is 0 Å². The van der Waals surface area contributed by atoms with E-state index in [0.29, 0.717) is 0 Å². The summed E-state index contributed by atoms with van der Waals surface area (Å²) in [5.74, 6) is -6.76. The molecule has 1 amide bonds. The minimum Gasteiger partial charge on any atom is -0.462 e. The molecule has 4 heterocycles. The standard InChI is InChI=1S/C53H84N2O21/c1-28-17-15-13-11-9-7-5-6-8-10-12-14-16-18-35(74-52-48(67)43(54)46(65)31(4)73-52)24-39-42(50(69)55-44-49(68)47(66)40(27-56)75-51(44)70)38(62)26-53(71,76-39)25-34(59)22-37(61)36(60)20-19-32(57)21-33(58)23-41(63)72-30(3)29(2)45(28)64/h5-18,28-40,42-49,51-52,56-62,64-68,70-71H,19-27,54H2,1-4H3,(H,55,69)/b6-5+,9-7+,10-8+,13-11+,14-12+,17-15+,18-16+/t28-,29-,30-,31+,32+,33+,34-,35-,36+,37+,38-,39-,40?,42?,43-,44?,45+,46+,47?,48-,49?,51?,52-,53+/m0/s1. The predicted octanol–water partition coefficient (Wildman–Crippen LogP) is -2.46. The van der Waals surface area contributed by atoms with E-state index in [1.54, 1.807) is 92.8 Å². The van der Waals surface area contributed by atoms with Crippen molar-refractivity contribution in [3.8, 4) is 0 Å². The number of carbonyl (C=O) groups is 2. The lowest BCUT2D eigenvalue weighted by molar-refractivity contribution is -0.307. The summed E-state index contributed by atoms with van der Waals surface area (Å²) in [4.78, 5) is 26.9. The van der Waals surface area contributed by atoms with E-state index in [1.807, 2.05) is 6.92 Å². The molecule has 3 fully saturated rings. The third-order valence-electron chi connectivity index (χ3n) is 14.2. The third kappa shape index (κ3) is 19.6. The maximum Gasteiger partial charge on any atom is 0.308 e. The Kier molecular flexibility index (Phi) is 26.7. The molecule has 23 heteroatoms. The zero-order chi connectivity index (χ0) is 56.4. The molecule has 432 valence electrons. The van der Waals surface area contributed by atoms with Crippen molar-refractivity contribution < 1.29 is 105 Å². The maximum absolute atomic E-state index is 14.2. The number of allylic oxidation sites excluding steroid dienone is 12. The van der Waals surface area contributed by atoms with Gasteiger partial charge in [0.05, 0.1) is 92.1 Å². The van der Waals surface area contributed by atoms with Crippen molar-refractivity contribution >= 4 is 11.9 Å². The molecule has 17 N–H and O–H groups in total. The number of amides is 1. The molecule has 0 aliphatic carbocycles. The van der Waals surface area contributed by atoms with Crippen LogP contribution in [0, 0.1) is 17.8 Å². The summed E-state index contributed by atoms with van der Waals surface area (Å²) in [5, 5.41) is 154. The number of esters is 1. The zero-order valence-electron chi connectivity index (χ0n) is 43.4. The van der Waals surface area contributed by atoms with Crippen molar-refractivity contribution in [1.82, 2.24) is 5.32 Å². The van der Waals surface area contributed by atoms with Crippen LogP contribution in [-0.2, 0) is 33.3 Å². The molecule has 0 aromatic carbocycles. The Morgan fingerprint density at radius 1 is 0.658 bits per heavy atom. The van der Waals surface area contributed by atoms with Gasteiger partial charge in [-0.25, -0.2) is 0 Å². The average molecular weight is 1090 g/mol. The molecule has 2 bridgehead atoms. The van der Waals surface area contributed by atoms with Gasteiger partial charge in [-0.3, -0.25) is 9.59 Å². The molecule has 4 rings (SSSR count). The lowest BCUT2D eigenvalue weighted by Gasteiger charge is -2.47. The first-order chi connectivity index (χ1) is 35.9. The lowest BCUT2D eigenvalue weighted by Crippen LogP contribution is -2.66. The van der Waals surface area contributed by atoms with Gasteiger partial charge >= 0.3 is 5.97 Å². The molecule has 3 saturated heterocycles. The van der Waals surface area contributed by atoms with Gasteiger partial charge in [0.2, 0.25) is 5.91 Å². The van der Waals surface area contributed by atoms with Crippen LogP contribution in [0.1, 0.15) is 79.1 Å². The molecule has 0 aromatic rings. The van der Waals surface area contributed by atoms with Crippen LogP contribution in [0.3, 0.4) is 0 Å². The Morgan fingerprint density at radius 3 is 1.86 bits per heavy atom. The highest BCUT2D eigenvalue weighted by Crippen LogP contribution is 2.39. The number of fused-ring (bicyclic) bond motifs is 2. The van der Waals surface area contributed by atoms with Gasteiger partial charge in [-0.05, 0) is 33.1 Å². The number of nitrogens with one attached hydrogen (secondary N) is 1. The second-order valence-electron chi connectivity index (χ2n) is 20.5. The maximum atomic E-state index is 14.2. The van der Waals surface area contributed by atoms with Gasteiger partial charge in [-0.2, -0.15) is 0 Å². The molecule has 76 heavy (non-hydrogen) atoms. The SMILES string of the molecule is C[C@@H]1[C@H](O)[C@@H](C)/C=C/C=C/C=C/C=C/C=C/C=C/C=C/[C@H](O[C@@H]2O[C@H](C)[C@@H](O)[C@H](N)[C@@H]2O)C[C@@H]2O[C@](O)(C[C@@H](O)C[C@@H](O)[C@H](O)CC[C@@H](O)C[C@@H](O)CC(=O)O[C@H]1C)C[C@H](O)C2C(=O)NC1C(O)OC(CO)C(O)C1O. The van der Waals surface area contributed by atoms with Crippen molar-refractivity contribution in [3.63, 3.8) is 0 Å². The monoisotopic (exact) mass is 1080 g/mol. The van der Waals surface area contributed by atoms with Crippen LogP contribution >= 0.6 is 0 Å². The second-order valence-corrected chi connectivity index (χ2v) is 20.5. The van der Waals surface area contributed by atoms with E-state index in [2.05, 4.69) is 5.32 Å². The van der Waals surface area contributed by atoms with Gasteiger partial charge in [0.1, 0.15) is 36.6 Å². The van der Waals surface area contributed by atoms with Gasteiger partial charge < -0.3 is 106 Å². The number of aliphatic hydroxyl groups is 14. The summed E-state index contributed by atoms with van der Waals surface area (Å²) in [6.45, 7) is 5.88. The van der Waals surface area contributed by atoms with Crippen molar-refractivity contribution in [2.24, 2.45) is 23.5 Å². The quantitative estimate of drug-likeness (QED) is 0.127. The average Bonchev–Trinajstić information content (AvgIpc) is 3.35. The highest BCUT2D eigenvalue weighted by Gasteiger charge is 2.53. The van der Waals surface area contributed by atoms with Crippen LogP contribution in [-0.4, -0.2) is 218 Å². The fourth-order valence-electron chi connectivity index (χ4n) is 9.50. The molecule has 6 unspecified atom stereocenters. The molecule has 4 aliphatic rings. The van der Waals surface area contributed by atoms with Crippen molar-refractivity contribution in [1.29, 1.82) is 0 Å². The highest BCUT2D eigenvalue weighted by atomic mass is 16.7. The third-order valence-corrected chi connectivity index (χ3v) is 14.2. The van der Waals surface area contributed by atoms with E-state index in [4.69, 9.17) is 29.4 Å². The Labute approximate surface area is 443 Å². The molecular weight excluding hydrogens is 1000 g/mol. The molecular formula is C53H84N2O21. The lowest BCUT2D eigenvalue weighted by atomic mass is 9.81. The number of carbonyl (C=O) groups excluding carboxylic acids is 2. The van der Waals surface area contributed by atoms with Crippen molar-refractivity contribution in [3.05, 3.63) is 85.1 Å². The number of rotatable bonds is 5. The largest absolute Gasteiger partial charge is 0.462 e. The molecule has 0 radical (unpaired) electrons. The fourth-order valence-corrected chi connectivity index (χ4v) is 9.50. The summed E-state index contributed by atoms with van der Waals surface area (Å²) in [6.07, 6.45) is -5.57. The minimum absolute atomic E-state index is 0.154. The number of nitrogens with two attached hydrogens (primary N) is 1. The molecule has 0 aromatic heterocycles. The number of hydrogen-bond acceptors (Lipinski definition) is 22. The first-order valence-electron chi connectivity index (χ1n) is 25.9. The van der Waals surface area contributed by atoms with Gasteiger partial charge in [-0.1, -0.05) is 98.9 Å². The molecule has 0 spiro atoms. The molecule has 4 aliphatic heterocycles. The van der Waals surface area contributed by atoms with Crippen LogP contribution in [0.15, 0.2) is 85.1 Å². The molecule has 23 nitrogen and oxygen atoms in total. The summed E-state index contributed by atoms with van der Waals surface area (Å²) in [6, 6.07) is -2.93. The van der Waals surface area contributed by atoms with E-state index >= 15 is 0 Å². The Balaban J connectivity index is 1.65. The smallest absolute Gasteiger partial charge is 0.308 e. The second kappa shape index (κ2) is 31.2. The normalized spacial score (nSPS) is 46.7. The first kappa shape index (κ1) is 64.9. The van der Waals surface area contributed by atoms with Crippen molar-refractivity contribution in [2.75, 3.05) is 6.61 Å². The summed E-state index contributed by atoms with van der Waals surface area (Å²) >= 11 is 0. The molecule has 0 saturated carbocycles. The number of ether oxygens (including phenoxy) is 5. The number of cyclic esters (lactones) is 1. The van der Waals surface area contributed by atoms with Crippen LogP contribution < -0.4 is 11.1 Å². The summed E-state index contributed by atoms with van der Waals surface area (Å²) < 4.78 is 28.8. The Hall–Kier alpha value is -3.64. The van der Waals surface area contributed by atoms with E-state index in [-0.39, 0.29) is 25.2 Å². The van der Waals surface area contributed by atoms with E-state index in [9.17, 15) is 81.1 Å². The van der Waals surface area contributed by atoms with Gasteiger partial charge in [0.15, 0.2) is 18.4 Å². The molecule has 24 atom stereocenters. The van der Waals surface area contributed by atoms with Gasteiger partial charge in [-0.15, -0.1) is 0 Å². The van der Waals surface area contributed by atoms with E-state index < -0.39 is 191 Å². The van der Waals surface area contributed by atoms with Crippen LogP contribution in [0.4, 0.5) is 0 Å².